The standard InChI is InChI=1S/C27H31N3O4/c1-7-33-20-11-16-12-26(2,3)29-23(22(16)18-13-27(4,5)34-24(18)20)15-8-9-17-19(10-15)28-21(31)14-30(6)25(17)32/h8-11H,7,12-14H2,1-6H3,(H,28,31). The van der Waals surface area contributed by atoms with Crippen molar-refractivity contribution in [2.75, 3.05) is 25.5 Å². The van der Waals surface area contributed by atoms with Crippen LogP contribution in [0.25, 0.3) is 0 Å². The minimum absolute atomic E-state index is 0.0276. The quantitative estimate of drug-likeness (QED) is 0.749. The van der Waals surface area contributed by atoms with E-state index in [2.05, 4.69) is 39.1 Å². The van der Waals surface area contributed by atoms with Crippen LogP contribution in [0.1, 0.15) is 67.2 Å². The molecule has 34 heavy (non-hydrogen) atoms. The second-order valence-electron chi connectivity index (χ2n) is 10.6. The van der Waals surface area contributed by atoms with E-state index in [9.17, 15) is 9.59 Å². The number of anilines is 1. The van der Waals surface area contributed by atoms with E-state index in [1.54, 1.807) is 13.1 Å². The zero-order valence-electron chi connectivity index (χ0n) is 20.7. The Hall–Kier alpha value is -3.35. The second kappa shape index (κ2) is 7.58. The lowest BCUT2D eigenvalue weighted by Gasteiger charge is -2.31. The summed E-state index contributed by atoms with van der Waals surface area (Å²) >= 11 is 0. The normalized spacial score (nSPS) is 19.8. The fraction of sp³-hybridized carbons (Fsp3) is 0.444. The highest BCUT2D eigenvalue weighted by atomic mass is 16.5. The van der Waals surface area contributed by atoms with Gasteiger partial charge in [0.15, 0.2) is 11.5 Å². The highest BCUT2D eigenvalue weighted by molar-refractivity contribution is 6.18. The molecule has 2 amide bonds. The Morgan fingerprint density at radius 1 is 1.15 bits per heavy atom. The van der Waals surface area contributed by atoms with Crippen molar-refractivity contribution < 1.29 is 19.1 Å². The number of aliphatic imine (C=N–C) groups is 1. The van der Waals surface area contributed by atoms with Crippen LogP contribution in [0, 0.1) is 0 Å². The number of rotatable bonds is 3. The van der Waals surface area contributed by atoms with Crippen molar-refractivity contribution in [3.8, 4) is 11.5 Å². The molecular formula is C27H31N3O4. The average molecular weight is 462 g/mol. The SMILES string of the molecule is CCOc1cc2c(c3c1OC(C)(C)C3)C(c1ccc3c(c1)NC(=O)CN(C)C3=O)=NC(C)(C)C2. The summed E-state index contributed by atoms with van der Waals surface area (Å²) in [5, 5.41) is 2.90. The Morgan fingerprint density at radius 2 is 1.91 bits per heavy atom. The van der Waals surface area contributed by atoms with Crippen molar-refractivity contribution in [3.05, 3.63) is 52.1 Å². The molecule has 2 aromatic carbocycles. The molecule has 178 valence electrons. The number of benzene rings is 2. The number of amides is 2. The van der Waals surface area contributed by atoms with Crippen LogP contribution in [0.3, 0.4) is 0 Å². The Balaban J connectivity index is 1.71. The molecule has 7 nitrogen and oxygen atoms in total. The van der Waals surface area contributed by atoms with Crippen LogP contribution in [0.4, 0.5) is 5.69 Å². The smallest absolute Gasteiger partial charge is 0.256 e. The van der Waals surface area contributed by atoms with Crippen LogP contribution < -0.4 is 14.8 Å². The Morgan fingerprint density at radius 3 is 2.65 bits per heavy atom. The molecule has 0 aliphatic carbocycles. The van der Waals surface area contributed by atoms with Gasteiger partial charge in [0.25, 0.3) is 5.91 Å². The van der Waals surface area contributed by atoms with E-state index in [4.69, 9.17) is 14.5 Å². The molecule has 3 aliphatic rings. The van der Waals surface area contributed by atoms with Gasteiger partial charge in [-0.25, -0.2) is 0 Å². The fourth-order valence-electron chi connectivity index (χ4n) is 5.20. The number of hydrogen-bond donors (Lipinski definition) is 1. The first-order valence-corrected chi connectivity index (χ1v) is 11.8. The van der Waals surface area contributed by atoms with Gasteiger partial charge in [-0.05, 0) is 64.8 Å². The minimum atomic E-state index is -0.347. The van der Waals surface area contributed by atoms with Gasteiger partial charge in [0.05, 0.1) is 35.7 Å². The number of nitrogens with one attached hydrogen (secondary N) is 1. The first kappa shape index (κ1) is 22.4. The maximum Gasteiger partial charge on any atom is 0.256 e. The summed E-state index contributed by atoms with van der Waals surface area (Å²) in [7, 11) is 1.63. The van der Waals surface area contributed by atoms with Gasteiger partial charge in [0, 0.05) is 30.2 Å². The molecule has 3 heterocycles. The number of nitrogens with zero attached hydrogens (tertiary/aromatic N) is 2. The topological polar surface area (TPSA) is 80.2 Å². The molecule has 0 aromatic heterocycles. The number of fused-ring (bicyclic) bond motifs is 4. The highest BCUT2D eigenvalue weighted by Crippen LogP contribution is 2.48. The van der Waals surface area contributed by atoms with E-state index < -0.39 is 0 Å². The van der Waals surface area contributed by atoms with Gasteiger partial charge in [0.2, 0.25) is 5.91 Å². The predicted molar refractivity (Wildman–Crippen MR) is 131 cm³/mol. The molecule has 0 radical (unpaired) electrons. The lowest BCUT2D eigenvalue weighted by atomic mass is 9.80. The molecule has 0 spiro atoms. The van der Waals surface area contributed by atoms with Crippen LogP contribution in [-0.4, -0.2) is 53.8 Å². The molecule has 0 atom stereocenters. The van der Waals surface area contributed by atoms with Crippen LogP contribution in [0.2, 0.25) is 0 Å². The first-order valence-electron chi connectivity index (χ1n) is 11.8. The Bertz CT molecular complexity index is 1260. The zero-order chi connectivity index (χ0) is 24.4. The average Bonchev–Trinajstić information content (AvgIpc) is 3.01. The summed E-state index contributed by atoms with van der Waals surface area (Å²) in [5.74, 6) is 1.18. The lowest BCUT2D eigenvalue weighted by molar-refractivity contribution is -0.116. The number of carbonyl (C=O) groups is 2. The van der Waals surface area contributed by atoms with Gasteiger partial charge in [-0.1, -0.05) is 6.07 Å². The molecule has 0 saturated heterocycles. The van der Waals surface area contributed by atoms with E-state index in [0.717, 1.165) is 46.7 Å². The van der Waals surface area contributed by atoms with Gasteiger partial charge in [-0.2, -0.15) is 0 Å². The Kier molecular flexibility index (Phi) is 5.01. The van der Waals surface area contributed by atoms with Gasteiger partial charge in [0.1, 0.15) is 5.60 Å². The first-order chi connectivity index (χ1) is 16.0. The van der Waals surface area contributed by atoms with E-state index in [-0.39, 0.29) is 29.5 Å². The maximum absolute atomic E-state index is 12.8. The lowest BCUT2D eigenvalue weighted by Crippen LogP contribution is -2.31. The summed E-state index contributed by atoms with van der Waals surface area (Å²) in [6.45, 7) is 11.0. The highest BCUT2D eigenvalue weighted by Gasteiger charge is 2.40. The number of hydrogen-bond acceptors (Lipinski definition) is 5. The summed E-state index contributed by atoms with van der Waals surface area (Å²) in [6.07, 6.45) is 1.53. The van der Waals surface area contributed by atoms with Gasteiger partial charge in [-0.15, -0.1) is 0 Å². The van der Waals surface area contributed by atoms with E-state index in [0.29, 0.717) is 17.9 Å². The van der Waals surface area contributed by atoms with E-state index in [1.165, 1.54) is 10.5 Å². The van der Waals surface area contributed by atoms with Crippen LogP contribution in [0.5, 0.6) is 11.5 Å². The van der Waals surface area contributed by atoms with Crippen LogP contribution >= 0.6 is 0 Å². The minimum Gasteiger partial charge on any atom is -0.490 e. The third-order valence-corrected chi connectivity index (χ3v) is 6.51. The molecule has 5 rings (SSSR count). The van der Waals surface area contributed by atoms with Crippen LogP contribution in [0.15, 0.2) is 29.3 Å². The summed E-state index contributed by atoms with van der Waals surface area (Å²) in [5.41, 5.74) is 5.41. The predicted octanol–water partition coefficient (Wildman–Crippen LogP) is 4.00. The Labute approximate surface area is 200 Å². The van der Waals surface area contributed by atoms with Crippen LogP contribution in [-0.2, 0) is 17.6 Å². The molecular weight excluding hydrogens is 430 g/mol. The third kappa shape index (κ3) is 3.73. The third-order valence-electron chi connectivity index (χ3n) is 6.51. The summed E-state index contributed by atoms with van der Waals surface area (Å²) in [6, 6.07) is 7.68. The maximum atomic E-state index is 12.8. The molecule has 0 saturated carbocycles. The fourth-order valence-corrected chi connectivity index (χ4v) is 5.20. The van der Waals surface area contributed by atoms with Gasteiger partial charge >= 0.3 is 0 Å². The molecule has 3 aliphatic heterocycles. The van der Waals surface area contributed by atoms with E-state index >= 15 is 0 Å². The second-order valence-corrected chi connectivity index (χ2v) is 10.6. The summed E-state index contributed by atoms with van der Waals surface area (Å²) < 4.78 is 12.3. The zero-order valence-corrected chi connectivity index (χ0v) is 20.7. The number of likely N-dealkylation sites (N-methyl/N-ethyl adjacent to an activating group) is 1. The van der Waals surface area contributed by atoms with Crippen molar-refractivity contribution >= 4 is 23.2 Å². The molecule has 7 heteroatoms. The van der Waals surface area contributed by atoms with E-state index in [1.807, 2.05) is 19.1 Å². The van der Waals surface area contributed by atoms with Crippen molar-refractivity contribution in [1.29, 1.82) is 0 Å². The molecule has 1 N–H and O–H groups in total. The van der Waals surface area contributed by atoms with Crippen molar-refractivity contribution in [2.24, 2.45) is 4.99 Å². The van der Waals surface area contributed by atoms with Gasteiger partial charge < -0.3 is 19.7 Å². The monoisotopic (exact) mass is 461 g/mol. The largest absolute Gasteiger partial charge is 0.490 e. The molecule has 2 aromatic rings. The number of ether oxygens (including phenoxy) is 2. The van der Waals surface area contributed by atoms with Gasteiger partial charge in [-0.3, -0.25) is 14.6 Å². The molecule has 0 fully saturated rings. The van der Waals surface area contributed by atoms with Crippen molar-refractivity contribution in [1.82, 2.24) is 4.90 Å². The molecule has 0 bridgehead atoms. The van der Waals surface area contributed by atoms with Crippen molar-refractivity contribution in [3.63, 3.8) is 0 Å². The van der Waals surface area contributed by atoms with Crippen molar-refractivity contribution in [2.45, 2.75) is 58.6 Å². The summed E-state index contributed by atoms with van der Waals surface area (Å²) in [4.78, 5) is 31.7. The number of carbonyl (C=O) groups excluding carboxylic acids is 2. The molecule has 0 unspecified atom stereocenters.